The summed E-state index contributed by atoms with van der Waals surface area (Å²) in [6, 6.07) is 4.38. The van der Waals surface area contributed by atoms with E-state index < -0.39 is 18.4 Å². The van der Waals surface area contributed by atoms with Crippen LogP contribution in [0.1, 0.15) is 10.5 Å². The molecule has 0 saturated carbocycles. The van der Waals surface area contributed by atoms with E-state index in [9.17, 15) is 18.0 Å². The number of carbonyl (C=O) groups is 1. The van der Waals surface area contributed by atoms with Gasteiger partial charge in [-0.05, 0) is 24.3 Å². The molecule has 0 radical (unpaired) electrons. The molecule has 3 N–H and O–H groups in total. The number of aliphatic imine (C=N–C) groups is 1. The van der Waals surface area contributed by atoms with E-state index in [1.54, 1.807) is 0 Å². The van der Waals surface area contributed by atoms with Gasteiger partial charge >= 0.3 is 0 Å². The molecule has 1 unspecified atom stereocenters. The van der Waals surface area contributed by atoms with Crippen LogP contribution in [-0.2, 0) is 4.74 Å². The van der Waals surface area contributed by atoms with Crippen LogP contribution in [0, 0.1) is 5.82 Å². The molecule has 8 nitrogen and oxygen atoms in total. The maximum Gasteiger partial charge on any atom is 0.275 e. The van der Waals surface area contributed by atoms with E-state index in [1.165, 1.54) is 43.8 Å². The van der Waals surface area contributed by atoms with Crippen molar-refractivity contribution in [1.29, 1.82) is 0 Å². The fraction of sp³-hybridized carbons (Fsp3) is 0.294. The standard InChI is InChI=1S/C12H10FN3O2.C5H8F2N2O/c1-18-11-7-14-10(6-15-11)12(17)16-9-4-2-8(13)3-5-9;6-5(7)3-1-10-2-4(8)9-3/h2-7H,1H3,(H,16,17);3,5H,1-2H2,(H2,8,9). The van der Waals surface area contributed by atoms with E-state index in [-0.39, 0.29) is 30.6 Å². The summed E-state index contributed by atoms with van der Waals surface area (Å²) >= 11 is 0. The number of nitrogens with one attached hydrogen (secondary N) is 1. The van der Waals surface area contributed by atoms with Crippen molar-refractivity contribution in [1.82, 2.24) is 9.97 Å². The van der Waals surface area contributed by atoms with Crippen LogP contribution in [0.4, 0.5) is 18.9 Å². The van der Waals surface area contributed by atoms with Gasteiger partial charge in [-0.1, -0.05) is 0 Å². The average molecular weight is 397 g/mol. The van der Waals surface area contributed by atoms with Crippen LogP contribution < -0.4 is 15.8 Å². The van der Waals surface area contributed by atoms with E-state index in [2.05, 4.69) is 20.3 Å². The second kappa shape index (κ2) is 10.2. The summed E-state index contributed by atoms with van der Waals surface area (Å²) in [6.07, 6.45) is 0.177. The number of alkyl halides is 2. The number of aromatic nitrogens is 2. The maximum absolute atomic E-state index is 12.7. The molecular weight excluding hydrogens is 379 g/mol. The van der Waals surface area contributed by atoms with E-state index >= 15 is 0 Å². The summed E-state index contributed by atoms with van der Waals surface area (Å²) in [5.41, 5.74) is 5.79. The van der Waals surface area contributed by atoms with Crippen LogP contribution in [0.5, 0.6) is 5.88 Å². The Bertz CT molecular complexity index is 801. The smallest absolute Gasteiger partial charge is 0.275 e. The van der Waals surface area contributed by atoms with Crippen molar-refractivity contribution in [2.45, 2.75) is 12.5 Å². The third-order valence-corrected chi connectivity index (χ3v) is 3.33. The first-order valence-corrected chi connectivity index (χ1v) is 8.00. The normalized spacial score (nSPS) is 15.9. The molecule has 1 aromatic heterocycles. The highest BCUT2D eigenvalue weighted by Crippen LogP contribution is 2.10. The summed E-state index contributed by atoms with van der Waals surface area (Å²) < 4.78 is 45.9. The van der Waals surface area contributed by atoms with Gasteiger partial charge in [-0.25, -0.2) is 23.1 Å². The van der Waals surface area contributed by atoms with Crippen molar-refractivity contribution in [3.05, 3.63) is 48.2 Å². The number of amides is 1. The molecule has 0 bridgehead atoms. The second-order valence-corrected chi connectivity index (χ2v) is 5.44. The Morgan fingerprint density at radius 2 is 2.00 bits per heavy atom. The average Bonchev–Trinajstić information content (AvgIpc) is 2.70. The lowest BCUT2D eigenvalue weighted by Crippen LogP contribution is -2.34. The van der Waals surface area contributed by atoms with Crippen molar-refractivity contribution in [2.24, 2.45) is 10.7 Å². The number of hydrogen-bond donors (Lipinski definition) is 2. The van der Waals surface area contributed by atoms with Gasteiger partial charge < -0.3 is 20.5 Å². The lowest BCUT2D eigenvalue weighted by molar-refractivity contribution is 0.0505. The molecule has 1 amide bonds. The molecule has 3 rings (SSSR count). The Morgan fingerprint density at radius 1 is 1.29 bits per heavy atom. The van der Waals surface area contributed by atoms with Crippen molar-refractivity contribution >= 4 is 17.4 Å². The van der Waals surface area contributed by atoms with Crippen LogP contribution in [0.2, 0.25) is 0 Å². The number of methoxy groups -OCH3 is 1. The van der Waals surface area contributed by atoms with Crippen molar-refractivity contribution in [3.8, 4) is 5.88 Å². The molecule has 11 heteroatoms. The third-order valence-electron chi connectivity index (χ3n) is 3.33. The lowest BCUT2D eigenvalue weighted by atomic mass is 10.3. The van der Waals surface area contributed by atoms with Gasteiger partial charge in [0.25, 0.3) is 12.3 Å². The molecule has 0 fully saturated rings. The zero-order chi connectivity index (χ0) is 20.5. The summed E-state index contributed by atoms with van der Waals surface area (Å²) in [7, 11) is 1.46. The number of hydrogen-bond acceptors (Lipinski definition) is 7. The van der Waals surface area contributed by atoms with Gasteiger partial charge in [0.15, 0.2) is 0 Å². The Morgan fingerprint density at radius 3 is 2.50 bits per heavy atom. The summed E-state index contributed by atoms with van der Waals surface area (Å²) in [4.78, 5) is 23.0. The number of carbonyl (C=O) groups excluding carboxylic acids is 1. The molecule has 2 heterocycles. The van der Waals surface area contributed by atoms with Gasteiger partial charge in [0.05, 0.1) is 26.1 Å². The minimum Gasteiger partial charge on any atom is -0.480 e. The first kappa shape index (κ1) is 21.1. The highest BCUT2D eigenvalue weighted by atomic mass is 19.3. The molecule has 1 aromatic carbocycles. The molecule has 0 aliphatic carbocycles. The van der Waals surface area contributed by atoms with Gasteiger partial charge in [0.1, 0.15) is 30.0 Å². The van der Waals surface area contributed by atoms with E-state index in [0.29, 0.717) is 11.6 Å². The molecule has 1 aliphatic heterocycles. The topological polar surface area (TPSA) is 112 Å². The van der Waals surface area contributed by atoms with E-state index in [4.69, 9.17) is 15.2 Å². The van der Waals surface area contributed by atoms with E-state index in [0.717, 1.165) is 0 Å². The second-order valence-electron chi connectivity index (χ2n) is 5.44. The lowest BCUT2D eigenvalue weighted by Gasteiger charge is -2.17. The molecule has 2 aromatic rings. The Kier molecular flexibility index (Phi) is 7.69. The fourth-order valence-electron chi connectivity index (χ4n) is 1.97. The Balaban J connectivity index is 0.000000237. The predicted molar refractivity (Wildman–Crippen MR) is 95.2 cm³/mol. The number of halogens is 3. The van der Waals surface area contributed by atoms with Gasteiger partial charge in [0, 0.05) is 5.69 Å². The number of benzene rings is 1. The fourth-order valence-corrected chi connectivity index (χ4v) is 1.97. The molecule has 150 valence electrons. The highest BCUT2D eigenvalue weighted by molar-refractivity contribution is 6.02. The largest absolute Gasteiger partial charge is 0.480 e. The van der Waals surface area contributed by atoms with E-state index in [1.807, 2.05) is 0 Å². The molecular formula is C17H18F3N5O3. The van der Waals surface area contributed by atoms with Crippen molar-refractivity contribution < 1.29 is 27.4 Å². The number of ether oxygens (including phenoxy) is 2. The predicted octanol–water partition coefficient (Wildman–Crippen LogP) is 1.88. The summed E-state index contributed by atoms with van der Waals surface area (Å²) in [6.45, 7) is 0.140. The molecule has 0 spiro atoms. The molecule has 28 heavy (non-hydrogen) atoms. The minimum absolute atomic E-state index is 0.0294. The van der Waals surface area contributed by atoms with Crippen molar-refractivity contribution in [3.63, 3.8) is 0 Å². The van der Waals surface area contributed by atoms with Crippen LogP contribution >= 0.6 is 0 Å². The SMILES string of the molecule is COc1cnc(C(=O)Nc2ccc(F)cc2)cn1.NC1=NC(C(F)F)COC1. The zero-order valence-electron chi connectivity index (χ0n) is 14.8. The molecule has 1 aliphatic rings. The van der Waals surface area contributed by atoms with Crippen LogP contribution in [0.15, 0.2) is 41.7 Å². The van der Waals surface area contributed by atoms with Crippen LogP contribution in [0.25, 0.3) is 0 Å². The quantitative estimate of drug-likeness (QED) is 0.815. The first-order valence-electron chi connectivity index (χ1n) is 8.00. The van der Waals surface area contributed by atoms with Gasteiger partial charge in [0.2, 0.25) is 5.88 Å². The minimum atomic E-state index is -2.47. The number of rotatable bonds is 4. The molecule has 1 atom stereocenters. The summed E-state index contributed by atoms with van der Waals surface area (Å²) in [5.74, 6) is -0.307. The zero-order valence-corrected chi connectivity index (χ0v) is 14.8. The summed E-state index contributed by atoms with van der Waals surface area (Å²) in [5, 5.41) is 2.57. The number of anilines is 1. The highest BCUT2D eigenvalue weighted by Gasteiger charge is 2.22. The van der Waals surface area contributed by atoms with Crippen LogP contribution in [-0.4, -0.2) is 54.5 Å². The number of amidine groups is 1. The number of nitrogens with zero attached hydrogens (tertiary/aromatic N) is 3. The Hall–Kier alpha value is -3.21. The maximum atomic E-state index is 12.7. The van der Waals surface area contributed by atoms with Crippen LogP contribution in [0.3, 0.4) is 0 Å². The van der Waals surface area contributed by atoms with Gasteiger partial charge in [-0.15, -0.1) is 0 Å². The first-order chi connectivity index (χ1) is 13.4. The third kappa shape index (κ3) is 6.50. The monoisotopic (exact) mass is 397 g/mol. The van der Waals surface area contributed by atoms with Gasteiger partial charge in [-0.2, -0.15) is 0 Å². The molecule has 0 saturated heterocycles. The van der Waals surface area contributed by atoms with Crippen molar-refractivity contribution in [2.75, 3.05) is 25.6 Å². The Labute approximate surface area is 158 Å². The van der Waals surface area contributed by atoms with Gasteiger partial charge in [-0.3, -0.25) is 9.79 Å². The number of nitrogens with two attached hydrogens (primary N) is 1.